The molecule has 7 nitrogen and oxygen atoms in total. The average Bonchev–Trinajstić information content (AvgIpc) is 3.35. The molecule has 1 amide bonds. The van der Waals surface area contributed by atoms with Gasteiger partial charge in [-0.1, -0.05) is 11.3 Å². The van der Waals surface area contributed by atoms with Gasteiger partial charge in [-0.2, -0.15) is 5.21 Å². The molecule has 0 spiro atoms. The molecule has 1 aromatic heterocycles. The normalized spacial score (nSPS) is 20.5. The van der Waals surface area contributed by atoms with Crippen molar-refractivity contribution in [3.8, 4) is 5.75 Å². The molecule has 7 heteroatoms. The highest BCUT2D eigenvalue weighted by molar-refractivity contribution is 5.81. The van der Waals surface area contributed by atoms with Gasteiger partial charge in [-0.25, -0.2) is 0 Å². The molecular formula is C18H23N5O2. The molecule has 2 heterocycles. The van der Waals surface area contributed by atoms with Gasteiger partial charge in [0.1, 0.15) is 5.75 Å². The van der Waals surface area contributed by atoms with E-state index >= 15 is 0 Å². The minimum Gasteiger partial charge on any atom is -0.481 e. The maximum Gasteiger partial charge on any atom is 0.263 e. The van der Waals surface area contributed by atoms with Crippen molar-refractivity contribution in [3.63, 3.8) is 0 Å². The van der Waals surface area contributed by atoms with Crippen LogP contribution in [0.25, 0.3) is 0 Å². The molecule has 0 bridgehead atoms. The van der Waals surface area contributed by atoms with E-state index < -0.39 is 6.10 Å². The Morgan fingerprint density at radius 2 is 2.28 bits per heavy atom. The van der Waals surface area contributed by atoms with Crippen LogP contribution in [0, 0.1) is 5.92 Å². The van der Waals surface area contributed by atoms with E-state index in [1.165, 1.54) is 17.5 Å². The number of nitrogens with zero attached hydrogens (tertiary/aromatic N) is 4. The van der Waals surface area contributed by atoms with Gasteiger partial charge in [-0.15, -0.1) is 10.2 Å². The van der Waals surface area contributed by atoms with E-state index in [2.05, 4.69) is 32.8 Å². The number of ether oxygens (including phenoxy) is 1. The van der Waals surface area contributed by atoms with E-state index in [1.807, 2.05) is 17.9 Å². The van der Waals surface area contributed by atoms with Crippen LogP contribution in [-0.4, -0.2) is 50.6 Å². The van der Waals surface area contributed by atoms with E-state index in [4.69, 9.17) is 4.74 Å². The van der Waals surface area contributed by atoms with Gasteiger partial charge < -0.3 is 9.64 Å². The van der Waals surface area contributed by atoms with E-state index in [9.17, 15) is 4.79 Å². The van der Waals surface area contributed by atoms with Gasteiger partial charge in [0.05, 0.1) is 0 Å². The second-order valence-corrected chi connectivity index (χ2v) is 7.02. The monoisotopic (exact) mass is 341 g/mol. The average molecular weight is 341 g/mol. The number of hydrogen-bond donors (Lipinski definition) is 1. The predicted octanol–water partition coefficient (Wildman–Crippen LogP) is 1.55. The second-order valence-electron chi connectivity index (χ2n) is 7.02. The lowest BCUT2D eigenvalue weighted by Gasteiger charge is -2.22. The van der Waals surface area contributed by atoms with Gasteiger partial charge in [0.15, 0.2) is 11.9 Å². The Morgan fingerprint density at radius 1 is 1.40 bits per heavy atom. The fraction of sp³-hybridized carbons (Fsp3) is 0.556. The zero-order valence-electron chi connectivity index (χ0n) is 14.4. The number of aromatic amines is 1. The number of fused-ring (bicyclic) bond motifs is 1. The van der Waals surface area contributed by atoms with Crippen molar-refractivity contribution in [2.45, 2.75) is 45.1 Å². The highest BCUT2D eigenvalue weighted by atomic mass is 16.5. The van der Waals surface area contributed by atoms with Crippen LogP contribution in [0.4, 0.5) is 0 Å². The van der Waals surface area contributed by atoms with Crippen LogP contribution in [0.5, 0.6) is 5.75 Å². The summed E-state index contributed by atoms with van der Waals surface area (Å²) in [5, 5.41) is 14.0. The van der Waals surface area contributed by atoms with Crippen LogP contribution in [0.1, 0.15) is 36.7 Å². The van der Waals surface area contributed by atoms with Crippen molar-refractivity contribution in [2.24, 2.45) is 5.92 Å². The second kappa shape index (κ2) is 6.82. The topological polar surface area (TPSA) is 84.0 Å². The summed E-state index contributed by atoms with van der Waals surface area (Å²) in [5.41, 5.74) is 2.77. The molecule has 1 N–H and O–H groups in total. The first-order valence-corrected chi connectivity index (χ1v) is 8.98. The predicted molar refractivity (Wildman–Crippen MR) is 91.1 cm³/mol. The zero-order valence-corrected chi connectivity index (χ0v) is 14.4. The molecule has 0 radical (unpaired) electrons. The van der Waals surface area contributed by atoms with Crippen LogP contribution in [0.3, 0.4) is 0 Å². The van der Waals surface area contributed by atoms with Crippen molar-refractivity contribution >= 4 is 5.91 Å². The molecule has 2 atom stereocenters. The minimum atomic E-state index is -0.469. The third-order valence-electron chi connectivity index (χ3n) is 5.19. The van der Waals surface area contributed by atoms with Crippen LogP contribution in [0.15, 0.2) is 18.2 Å². The molecule has 0 saturated carbocycles. The Morgan fingerprint density at radius 3 is 3.12 bits per heavy atom. The first kappa shape index (κ1) is 16.1. The molecule has 1 aromatic carbocycles. The van der Waals surface area contributed by atoms with Gasteiger partial charge >= 0.3 is 0 Å². The third kappa shape index (κ3) is 3.50. The van der Waals surface area contributed by atoms with Crippen LogP contribution in [-0.2, 0) is 24.1 Å². The first-order chi connectivity index (χ1) is 12.2. The number of H-pyrrole nitrogens is 1. The number of nitrogens with one attached hydrogen (secondary N) is 1. The summed E-state index contributed by atoms with van der Waals surface area (Å²) in [7, 11) is 0. The number of tetrazole rings is 1. The molecule has 132 valence electrons. The standard InChI is InChI=1S/C18H23N5O2/c1-12(25-16-6-5-14-3-2-4-15(14)10-16)18(24)23-8-7-13(11-23)9-17-19-21-22-20-17/h5-6,10,12-13H,2-4,7-9,11H2,1H3,(H,19,20,21,22). The molecule has 2 unspecified atom stereocenters. The number of amides is 1. The SMILES string of the molecule is CC(Oc1ccc2c(c1)CCC2)C(=O)N1CCC(Cc2nn[nH]n2)C1. The van der Waals surface area contributed by atoms with Gasteiger partial charge in [-0.05, 0) is 61.8 Å². The molecule has 2 aliphatic rings. The van der Waals surface area contributed by atoms with Crippen LogP contribution in [0.2, 0.25) is 0 Å². The largest absolute Gasteiger partial charge is 0.481 e. The molecule has 2 aromatic rings. The molecule has 1 aliphatic heterocycles. The van der Waals surface area contributed by atoms with Crippen LogP contribution >= 0.6 is 0 Å². The Labute approximate surface area is 146 Å². The third-order valence-corrected chi connectivity index (χ3v) is 5.19. The Bertz CT molecular complexity index is 746. The van der Waals surface area contributed by atoms with E-state index in [-0.39, 0.29) is 5.91 Å². The summed E-state index contributed by atoms with van der Waals surface area (Å²) in [6.07, 6.45) is 4.72. The highest BCUT2D eigenvalue weighted by Crippen LogP contribution is 2.27. The van der Waals surface area contributed by atoms with Crippen molar-refractivity contribution in [1.82, 2.24) is 25.5 Å². The molecule has 1 aliphatic carbocycles. The fourth-order valence-corrected chi connectivity index (χ4v) is 3.86. The maximum atomic E-state index is 12.7. The van der Waals surface area contributed by atoms with Gasteiger partial charge in [-0.3, -0.25) is 4.79 Å². The molecule has 1 saturated heterocycles. The number of carbonyl (C=O) groups is 1. The van der Waals surface area contributed by atoms with Crippen molar-refractivity contribution in [1.29, 1.82) is 0 Å². The first-order valence-electron chi connectivity index (χ1n) is 8.98. The van der Waals surface area contributed by atoms with Crippen molar-refractivity contribution in [2.75, 3.05) is 13.1 Å². The van der Waals surface area contributed by atoms with E-state index in [0.29, 0.717) is 11.7 Å². The fourth-order valence-electron chi connectivity index (χ4n) is 3.86. The lowest BCUT2D eigenvalue weighted by Crippen LogP contribution is -2.39. The van der Waals surface area contributed by atoms with Gasteiger partial charge in [0, 0.05) is 19.5 Å². The van der Waals surface area contributed by atoms with Crippen molar-refractivity contribution < 1.29 is 9.53 Å². The summed E-state index contributed by atoms with van der Waals surface area (Å²) < 4.78 is 5.92. The number of carbonyl (C=O) groups excluding carboxylic acids is 1. The number of rotatable bonds is 5. The van der Waals surface area contributed by atoms with Gasteiger partial charge in [0.25, 0.3) is 5.91 Å². The molecular weight excluding hydrogens is 318 g/mol. The number of hydrogen-bond acceptors (Lipinski definition) is 5. The number of benzene rings is 1. The lowest BCUT2D eigenvalue weighted by atomic mass is 10.1. The lowest BCUT2D eigenvalue weighted by molar-refractivity contribution is -0.137. The zero-order chi connectivity index (χ0) is 17.2. The Balaban J connectivity index is 1.33. The quantitative estimate of drug-likeness (QED) is 0.892. The summed E-state index contributed by atoms with van der Waals surface area (Å²) in [6.45, 7) is 3.33. The Hall–Kier alpha value is -2.44. The minimum absolute atomic E-state index is 0.0520. The van der Waals surface area contributed by atoms with Gasteiger partial charge in [0.2, 0.25) is 0 Å². The summed E-state index contributed by atoms with van der Waals surface area (Å²) in [4.78, 5) is 14.6. The molecule has 1 fully saturated rings. The van der Waals surface area contributed by atoms with E-state index in [0.717, 1.165) is 44.5 Å². The Kier molecular flexibility index (Phi) is 4.38. The maximum absolute atomic E-state index is 12.7. The molecule has 4 rings (SSSR count). The smallest absolute Gasteiger partial charge is 0.263 e. The van der Waals surface area contributed by atoms with Crippen molar-refractivity contribution in [3.05, 3.63) is 35.2 Å². The number of aryl methyl sites for hydroxylation is 2. The van der Waals surface area contributed by atoms with Crippen LogP contribution < -0.4 is 4.74 Å². The van der Waals surface area contributed by atoms with E-state index in [1.54, 1.807) is 0 Å². The highest BCUT2D eigenvalue weighted by Gasteiger charge is 2.30. The number of likely N-dealkylation sites (tertiary alicyclic amines) is 1. The number of aromatic nitrogens is 4. The summed E-state index contributed by atoms with van der Waals surface area (Å²) >= 11 is 0. The summed E-state index contributed by atoms with van der Waals surface area (Å²) in [6, 6.07) is 6.21. The molecule has 25 heavy (non-hydrogen) atoms. The summed E-state index contributed by atoms with van der Waals surface area (Å²) in [5.74, 6) is 1.94.